The Morgan fingerprint density at radius 2 is 2.30 bits per heavy atom. The van der Waals surface area contributed by atoms with Gasteiger partial charge in [0.05, 0.1) is 11.5 Å². The zero-order valence-electron chi connectivity index (χ0n) is 11.5. The van der Waals surface area contributed by atoms with Gasteiger partial charge in [-0.25, -0.2) is 0 Å². The summed E-state index contributed by atoms with van der Waals surface area (Å²) in [6.45, 7) is 4.06. The second-order valence-electron chi connectivity index (χ2n) is 4.77. The number of amides is 1. The third-order valence-electron chi connectivity index (χ3n) is 3.70. The lowest BCUT2D eigenvalue weighted by atomic mass is 9.79. The number of carbonyl (C=O) groups is 1. The van der Waals surface area contributed by atoms with Crippen LogP contribution in [0.3, 0.4) is 0 Å². The lowest BCUT2D eigenvalue weighted by Gasteiger charge is -2.34. The lowest BCUT2D eigenvalue weighted by molar-refractivity contribution is -0.131. The fraction of sp³-hybridized carbons (Fsp3) is 0.667. The molecular weight excluding hydrogens is 278 g/mol. The number of nitrogens with zero attached hydrogens (tertiary/aromatic N) is 3. The van der Waals surface area contributed by atoms with Crippen molar-refractivity contribution < 1.29 is 9.53 Å². The van der Waals surface area contributed by atoms with Crippen LogP contribution in [0.4, 0.5) is 0 Å². The van der Waals surface area contributed by atoms with E-state index in [1.54, 1.807) is 6.33 Å². The van der Waals surface area contributed by atoms with E-state index in [0.717, 1.165) is 6.54 Å². The first-order chi connectivity index (χ1) is 9.60. The molecule has 0 bridgehead atoms. The molecule has 2 rings (SSSR count). The summed E-state index contributed by atoms with van der Waals surface area (Å²) in [6, 6.07) is 0. The summed E-state index contributed by atoms with van der Waals surface area (Å²) in [4.78, 5) is 12.7. The molecule has 1 fully saturated rings. The summed E-state index contributed by atoms with van der Waals surface area (Å²) in [5, 5.41) is 10.7. The molecule has 0 radical (unpaired) electrons. The van der Waals surface area contributed by atoms with E-state index in [0.29, 0.717) is 38.4 Å². The van der Waals surface area contributed by atoms with Crippen molar-refractivity contribution in [3.05, 3.63) is 12.2 Å². The molecule has 0 saturated carbocycles. The Morgan fingerprint density at radius 1 is 1.60 bits per heavy atom. The van der Waals surface area contributed by atoms with Crippen LogP contribution in [0.15, 0.2) is 6.33 Å². The Morgan fingerprint density at radius 3 is 2.90 bits per heavy atom. The minimum Gasteiger partial charge on any atom is -0.392 e. The van der Waals surface area contributed by atoms with E-state index in [1.807, 2.05) is 11.5 Å². The van der Waals surface area contributed by atoms with Gasteiger partial charge in [-0.05, 0) is 19.8 Å². The molecule has 1 aromatic heterocycles. The monoisotopic (exact) mass is 297 g/mol. The summed E-state index contributed by atoms with van der Waals surface area (Å²) in [6.07, 6.45) is 2.68. The molecule has 20 heavy (non-hydrogen) atoms. The van der Waals surface area contributed by atoms with Crippen LogP contribution < -0.4 is 11.1 Å². The number of nitrogens with two attached hydrogens (primary N) is 1. The number of nitrogens with one attached hydrogen (secondary N) is 1. The molecule has 0 unspecified atom stereocenters. The minimum absolute atomic E-state index is 0.154. The van der Waals surface area contributed by atoms with Gasteiger partial charge in [-0.15, -0.1) is 10.2 Å². The quantitative estimate of drug-likeness (QED) is 0.743. The summed E-state index contributed by atoms with van der Waals surface area (Å²) >= 11 is 5.09. The van der Waals surface area contributed by atoms with Gasteiger partial charge in [-0.2, -0.15) is 0 Å². The summed E-state index contributed by atoms with van der Waals surface area (Å²) < 4.78 is 7.16. The van der Waals surface area contributed by atoms with E-state index in [4.69, 9.17) is 22.7 Å². The largest absolute Gasteiger partial charge is 0.392 e. The predicted octanol–water partition coefficient (Wildman–Crippen LogP) is -0.00290. The Hall–Kier alpha value is -1.54. The van der Waals surface area contributed by atoms with Gasteiger partial charge in [0.25, 0.3) is 0 Å². The average molecular weight is 297 g/mol. The summed E-state index contributed by atoms with van der Waals surface area (Å²) in [5.41, 5.74) is 4.99. The van der Waals surface area contributed by atoms with Crippen molar-refractivity contribution in [3.63, 3.8) is 0 Å². The summed E-state index contributed by atoms with van der Waals surface area (Å²) in [7, 11) is 0. The number of aromatic nitrogens is 3. The number of rotatable bonds is 5. The van der Waals surface area contributed by atoms with E-state index in [-0.39, 0.29) is 10.9 Å². The van der Waals surface area contributed by atoms with Gasteiger partial charge in [0.15, 0.2) is 5.82 Å². The average Bonchev–Trinajstić information content (AvgIpc) is 2.92. The number of aryl methyl sites for hydroxylation is 1. The molecule has 1 aliphatic rings. The van der Waals surface area contributed by atoms with Gasteiger partial charge >= 0.3 is 0 Å². The summed E-state index contributed by atoms with van der Waals surface area (Å²) in [5.74, 6) is 0.560. The maximum Gasteiger partial charge on any atom is 0.233 e. The van der Waals surface area contributed by atoms with Crippen molar-refractivity contribution in [1.82, 2.24) is 20.1 Å². The lowest BCUT2D eigenvalue weighted by Crippen LogP contribution is -2.51. The molecule has 1 saturated heterocycles. The first-order valence-corrected chi connectivity index (χ1v) is 7.03. The van der Waals surface area contributed by atoms with E-state index in [1.165, 1.54) is 0 Å². The maximum atomic E-state index is 12.5. The van der Waals surface area contributed by atoms with Gasteiger partial charge in [-0.3, -0.25) is 4.79 Å². The van der Waals surface area contributed by atoms with Crippen LogP contribution in [-0.4, -0.2) is 38.9 Å². The van der Waals surface area contributed by atoms with Gasteiger partial charge in [0, 0.05) is 19.8 Å². The van der Waals surface area contributed by atoms with Gasteiger partial charge in [-0.1, -0.05) is 12.2 Å². The molecule has 2 heterocycles. The molecule has 1 amide bonds. The normalized spacial score (nSPS) is 17.6. The zero-order chi connectivity index (χ0) is 14.6. The van der Waals surface area contributed by atoms with E-state index < -0.39 is 5.41 Å². The van der Waals surface area contributed by atoms with Crippen molar-refractivity contribution in [1.29, 1.82) is 0 Å². The Labute approximate surface area is 122 Å². The van der Waals surface area contributed by atoms with Crippen molar-refractivity contribution in [3.8, 4) is 0 Å². The smallest absolute Gasteiger partial charge is 0.233 e. The van der Waals surface area contributed by atoms with Gasteiger partial charge in [0.2, 0.25) is 5.91 Å². The van der Waals surface area contributed by atoms with Crippen LogP contribution in [0.1, 0.15) is 25.6 Å². The highest BCUT2D eigenvalue weighted by Crippen LogP contribution is 2.31. The van der Waals surface area contributed by atoms with Crippen molar-refractivity contribution >= 4 is 23.1 Å². The first-order valence-electron chi connectivity index (χ1n) is 6.63. The number of hydrogen-bond acceptors (Lipinski definition) is 5. The molecule has 7 nitrogen and oxygen atoms in total. The highest BCUT2D eigenvalue weighted by molar-refractivity contribution is 7.80. The van der Waals surface area contributed by atoms with Crippen LogP contribution in [-0.2, 0) is 22.6 Å². The first kappa shape index (κ1) is 14.9. The number of carbonyl (C=O) groups excluding carboxylic acids is 1. The predicted molar refractivity (Wildman–Crippen MR) is 76.8 cm³/mol. The molecule has 3 N–H and O–H groups in total. The molecule has 1 aliphatic heterocycles. The molecule has 8 heteroatoms. The zero-order valence-corrected chi connectivity index (χ0v) is 12.3. The Bertz CT molecular complexity index is 496. The topological polar surface area (TPSA) is 95.1 Å². The third-order valence-corrected chi connectivity index (χ3v) is 4.09. The van der Waals surface area contributed by atoms with E-state index in [2.05, 4.69) is 15.5 Å². The third kappa shape index (κ3) is 2.80. The van der Waals surface area contributed by atoms with Crippen molar-refractivity contribution in [2.24, 2.45) is 11.1 Å². The van der Waals surface area contributed by atoms with Gasteiger partial charge in [0.1, 0.15) is 11.7 Å². The fourth-order valence-corrected chi connectivity index (χ4v) is 2.61. The highest BCUT2D eigenvalue weighted by Gasteiger charge is 2.42. The standard InChI is InChI=1S/C12H19N5O2S/c1-2-17-8-15-16-9(17)7-14-11(18)12(10(13)20)3-5-19-6-4-12/h8H,2-7H2,1H3,(H2,13,20)(H,14,18). The van der Waals surface area contributed by atoms with Crippen LogP contribution in [0.5, 0.6) is 0 Å². The van der Waals surface area contributed by atoms with Crippen LogP contribution >= 0.6 is 12.2 Å². The fourth-order valence-electron chi connectivity index (χ4n) is 2.31. The molecule has 0 aliphatic carbocycles. The van der Waals surface area contributed by atoms with Crippen LogP contribution in [0.2, 0.25) is 0 Å². The molecule has 0 aromatic carbocycles. The number of thiocarbonyl (C=S) groups is 1. The highest BCUT2D eigenvalue weighted by atomic mass is 32.1. The van der Waals surface area contributed by atoms with Gasteiger partial charge < -0.3 is 20.4 Å². The number of hydrogen-bond donors (Lipinski definition) is 2. The SMILES string of the molecule is CCn1cnnc1CNC(=O)C1(C(N)=S)CCOCC1. The van der Waals surface area contributed by atoms with E-state index >= 15 is 0 Å². The molecule has 0 spiro atoms. The van der Waals surface area contributed by atoms with Crippen LogP contribution in [0, 0.1) is 5.41 Å². The molecule has 1 aromatic rings. The minimum atomic E-state index is -0.801. The van der Waals surface area contributed by atoms with Crippen molar-refractivity contribution in [2.45, 2.75) is 32.9 Å². The Kier molecular flexibility index (Phi) is 4.66. The number of ether oxygens (including phenoxy) is 1. The molecule has 110 valence electrons. The molecular formula is C12H19N5O2S. The molecule has 0 atom stereocenters. The second-order valence-corrected chi connectivity index (χ2v) is 5.21. The Balaban J connectivity index is 2.04. The maximum absolute atomic E-state index is 12.5. The second kappa shape index (κ2) is 6.27. The van der Waals surface area contributed by atoms with Crippen molar-refractivity contribution in [2.75, 3.05) is 13.2 Å². The van der Waals surface area contributed by atoms with E-state index in [9.17, 15) is 4.79 Å². The van der Waals surface area contributed by atoms with Crippen LogP contribution in [0.25, 0.3) is 0 Å².